The number of aromatic hydroxyl groups is 1. The van der Waals surface area contributed by atoms with Crippen LogP contribution >= 0.6 is 0 Å². The number of phenolic OH excluding ortho intramolecular Hbond substituents is 1. The van der Waals surface area contributed by atoms with Gasteiger partial charge >= 0.3 is 0 Å². The van der Waals surface area contributed by atoms with Crippen LogP contribution in [0.2, 0.25) is 0 Å². The predicted molar refractivity (Wildman–Crippen MR) is 70.9 cm³/mol. The molecule has 0 amide bonds. The summed E-state index contributed by atoms with van der Waals surface area (Å²) >= 11 is 0. The van der Waals surface area contributed by atoms with Gasteiger partial charge in [0.15, 0.2) is 15.6 Å². The van der Waals surface area contributed by atoms with Crippen molar-refractivity contribution in [2.75, 3.05) is 5.75 Å². The topological polar surface area (TPSA) is 71.4 Å². The molecule has 0 saturated heterocycles. The van der Waals surface area contributed by atoms with Gasteiger partial charge in [-0.3, -0.25) is 4.79 Å². The van der Waals surface area contributed by atoms with Crippen LogP contribution in [0.25, 0.3) is 0 Å². The highest BCUT2D eigenvalue weighted by atomic mass is 32.2. The second-order valence-corrected chi connectivity index (χ2v) is 6.15. The molecular formula is C14H11FO4S. The Labute approximate surface area is 115 Å². The van der Waals surface area contributed by atoms with E-state index in [0.717, 1.165) is 18.2 Å². The first-order valence-electron chi connectivity index (χ1n) is 5.70. The molecule has 0 aliphatic rings. The number of benzene rings is 2. The molecule has 2 aromatic carbocycles. The third-order valence-corrected chi connectivity index (χ3v) is 4.32. The maximum absolute atomic E-state index is 13.1. The number of carbonyl (C=O) groups excluding carboxylic acids is 1. The SMILES string of the molecule is O=C(CS(=O)(=O)c1ccccc1)c1cc(F)ccc1O. The van der Waals surface area contributed by atoms with Crippen LogP contribution < -0.4 is 0 Å². The van der Waals surface area contributed by atoms with E-state index >= 15 is 0 Å². The van der Waals surface area contributed by atoms with Crippen LogP contribution in [0.15, 0.2) is 53.4 Å². The van der Waals surface area contributed by atoms with E-state index in [-0.39, 0.29) is 10.5 Å². The molecule has 104 valence electrons. The lowest BCUT2D eigenvalue weighted by Crippen LogP contribution is -2.16. The molecule has 6 heteroatoms. The van der Waals surface area contributed by atoms with Gasteiger partial charge in [0.1, 0.15) is 17.3 Å². The number of Topliss-reactive ketones (excluding diaryl/α,β-unsaturated/α-hetero) is 1. The molecule has 20 heavy (non-hydrogen) atoms. The quantitative estimate of drug-likeness (QED) is 0.877. The van der Waals surface area contributed by atoms with Crippen molar-refractivity contribution in [2.45, 2.75) is 4.90 Å². The lowest BCUT2D eigenvalue weighted by molar-refractivity contribution is 0.101. The average molecular weight is 294 g/mol. The van der Waals surface area contributed by atoms with Crippen molar-refractivity contribution in [3.05, 3.63) is 59.9 Å². The summed E-state index contributed by atoms with van der Waals surface area (Å²) in [5.74, 6) is -2.85. The van der Waals surface area contributed by atoms with Gasteiger partial charge in [-0.1, -0.05) is 18.2 Å². The minimum absolute atomic E-state index is 0.00393. The molecule has 4 nitrogen and oxygen atoms in total. The summed E-state index contributed by atoms with van der Waals surface area (Å²) in [6.07, 6.45) is 0. The molecule has 0 unspecified atom stereocenters. The van der Waals surface area contributed by atoms with Crippen LogP contribution in [-0.2, 0) is 9.84 Å². The summed E-state index contributed by atoms with van der Waals surface area (Å²) in [6.45, 7) is 0. The number of halogens is 1. The number of carbonyl (C=O) groups is 1. The summed E-state index contributed by atoms with van der Waals surface area (Å²) in [5.41, 5.74) is -0.343. The second-order valence-electron chi connectivity index (χ2n) is 4.16. The Kier molecular flexibility index (Phi) is 3.85. The molecule has 0 radical (unpaired) electrons. The first-order valence-corrected chi connectivity index (χ1v) is 7.35. The highest BCUT2D eigenvalue weighted by molar-refractivity contribution is 7.92. The number of sulfone groups is 1. The summed E-state index contributed by atoms with van der Waals surface area (Å²) in [6, 6.07) is 10.3. The summed E-state index contributed by atoms with van der Waals surface area (Å²) in [5, 5.41) is 9.49. The Morgan fingerprint density at radius 2 is 1.75 bits per heavy atom. The van der Waals surface area contributed by atoms with Gasteiger partial charge in [-0.2, -0.15) is 0 Å². The van der Waals surface area contributed by atoms with E-state index in [1.165, 1.54) is 24.3 Å². The van der Waals surface area contributed by atoms with Gasteiger partial charge in [0.25, 0.3) is 0 Å². The zero-order valence-electron chi connectivity index (χ0n) is 10.3. The molecule has 0 atom stereocenters. The molecule has 0 spiro atoms. The zero-order chi connectivity index (χ0) is 14.8. The van der Waals surface area contributed by atoms with Gasteiger partial charge in [-0.05, 0) is 30.3 Å². The van der Waals surface area contributed by atoms with Crippen LogP contribution in [0.4, 0.5) is 4.39 Å². The Morgan fingerprint density at radius 1 is 1.10 bits per heavy atom. The molecule has 1 N–H and O–H groups in total. The number of hydrogen-bond acceptors (Lipinski definition) is 4. The van der Waals surface area contributed by atoms with Gasteiger partial charge < -0.3 is 5.11 Å². The van der Waals surface area contributed by atoms with E-state index in [9.17, 15) is 22.7 Å². The van der Waals surface area contributed by atoms with Crippen molar-refractivity contribution in [2.24, 2.45) is 0 Å². The normalized spacial score (nSPS) is 11.2. The Bertz CT molecular complexity index is 739. The maximum Gasteiger partial charge on any atom is 0.185 e. The van der Waals surface area contributed by atoms with Crippen molar-refractivity contribution in [3.63, 3.8) is 0 Å². The van der Waals surface area contributed by atoms with Crippen molar-refractivity contribution < 1.29 is 22.7 Å². The van der Waals surface area contributed by atoms with Crippen LogP contribution in [-0.4, -0.2) is 25.1 Å². The smallest absolute Gasteiger partial charge is 0.185 e. The fourth-order valence-electron chi connectivity index (χ4n) is 1.69. The first-order chi connectivity index (χ1) is 9.40. The summed E-state index contributed by atoms with van der Waals surface area (Å²) < 4.78 is 37.1. The fourth-order valence-corrected chi connectivity index (χ4v) is 2.93. The number of ketones is 1. The number of phenols is 1. The van der Waals surface area contributed by atoms with Crippen LogP contribution in [0, 0.1) is 5.82 Å². The minimum Gasteiger partial charge on any atom is -0.507 e. The lowest BCUT2D eigenvalue weighted by Gasteiger charge is -2.05. The minimum atomic E-state index is -3.82. The number of rotatable bonds is 4. The highest BCUT2D eigenvalue weighted by Gasteiger charge is 2.22. The van der Waals surface area contributed by atoms with Crippen LogP contribution in [0.1, 0.15) is 10.4 Å². The fraction of sp³-hybridized carbons (Fsp3) is 0.0714. The largest absolute Gasteiger partial charge is 0.507 e. The molecule has 2 aromatic rings. The average Bonchev–Trinajstić information content (AvgIpc) is 2.42. The predicted octanol–water partition coefficient (Wildman–Crippen LogP) is 2.19. The Balaban J connectivity index is 2.30. The maximum atomic E-state index is 13.1. The highest BCUT2D eigenvalue weighted by Crippen LogP contribution is 2.20. The molecule has 0 heterocycles. The molecule has 0 saturated carbocycles. The standard InChI is InChI=1S/C14H11FO4S/c15-10-6-7-13(16)12(8-10)14(17)9-20(18,19)11-4-2-1-3-5-11/h1-8,16H,9H2. The van der Waals surface area contributed by atoms with E-state index in [0.29, 0.717) is 0 Å². The molecular weight excluding hydrogens is 283 g/mol. The Hall–Kier alpha value is -2.21. The van der Waals surface area contributed by atoms with Crippen LogP contribution in [0.5, 0.6) is 5.75 Å². The van der Waals surface area contributed by atoms with Crippen molar-refractivity contribution >= 4 is 15.6 Å². The summed E-state index contributed by atoms with van der Waals surface area (Å²) in [4.78, 5) is 11.9. The van der Waals surface area contributed by atoms with E-state index in [1.54, 1.807) is 6.07 Å². The lowest BCUT2D eigenvalue weighted by atomic mass is 10.1. The monoisotopic (exact) mass is 294 g/mol. The van der Waals surface area contributed by atoms with Crippen molar-refractivity contribution in [3.8, 4) is 5.75 Å². The Morgan fingerprint density at radius 3 is 2.40 bits per heavy atom. The molecule has 0 aromatic heterocycles. The van der Waals surface area contributed by atoms with E-state index in [2.05, 4.69) is 0 Å². The first kappa shape index (κ1) is 14.2. The van der Waals surface area contributed by atoms with Crippen LogP contribution in [0.3, 0.4) is 0 Å². The van der Waals surface area contributed by atoms with E-state index < -0.39 is 32.9 Å². The van der Waals surface area contributed by atoms with E-state index in [1.807, 2.05) is 0 Å². The van der Waals surface area contributed by atoms with E-state index in [4.69, 9.17) is 0 Å². The van der Waals surface area contributed by atoms with Crippen molar-refractivity contribution in [1.29, 1.82) is 0 Å². The zero-order valence-corrected chi connectivity index (χ0v) is 11.1. The summed E-state index contributed by atoms with van der Waals surface area (Å²) in [7, 11) is -3.82. The third kappa shape index (κ3) is 3.03. The van der Waals surface area contributed by atoms with Gasteiger partial charge in [0, 0.05) is 0 Å². The third-order valence-electron chi connectivity index (χ3n) is 2.68. The molecule has 0 fully saturated rings. The van der Waals surface area contributed by atoms with Gasteiger partial charge in [0.2, 0.25) is 0 Å². The number of hydrogen-bond donors (Lipinski definition) is 1. The molecule has 0 aliphatic heterocycles. The molecule has 2 rings (SSSR count). The second kappa shape index (κ2) is 5.42. The molecule has 0 aliphatic carbocycles. The van der Waals surface area contributed by atoms with Crippen molar-refractivity contribution in [1.82, 2.24) is 0 Å². The molecule has 0 bridgehead atoms. The van der Waals surface area contributed by atoms with Gasteiger partial charge in [-0.25, -0.2) is 12.8 Å². The van der Waals surface area contributed by atoms with Gasteiger partial charge in [-0.15, -0.1) is 0 Å². The van der Waals surface area contributed by atoms with Gasteiger partial charge in [0.05, 0.1) is 10.5 Å².